The normalized spacial score (nSPS) is 27.6. The molecule has 1 N–H and O–H groups in total. The predicted molar refractivity (Wildman–Crippen MR) is 84.8 cm³/mol. The first-order valence-electron chi connectivity index (χ1n) is 8.14. The van der Waals surface area contributed by atoms with Crippen LogP contribution in [-0.4, -0.2) is 23.5 Å². The van der Waals surface area contributed by atoms with E-state index in [1.807, 2.05) is 11.0 Å². The summed E-state index contributed by atoms with van der Waals surface area (Å²) >= 11 is 0. The third kappa shape index (κ3) is 1.78. The van der Waals surface area contributed by atoms with Gasteiger partial charge < -0.3 is 10.2 Å². The van der Waals surface area contributed by atoms with Crippen molar-refractivity contribution in [1.29, 1.82) is 0 Å². The number of nitrogens with zero attached hydrogens (tertiary/aromatic N) is 1. The molecule has 2 fully saturated rings. The van der Waals surface area contributed by atoms with Crippen LogP contribution in [0, 0.1) is 5.82 Å². The van der Waals surface area contributed by atoms with E-state index in [9.17, 15) is 9.18 Å². The molecule has 2 aromatic carbocycles. The van der Waals surface area contributed by atoms with Gasteiger partial charge in [-0.2, -0.15) is 0 Å². The largest absolute Gasteiger partial charge is 0.336 e. The van der Waals surface area contributed by atoms with Crippen LogP contribution in [0.3, 0.4) is 0 Å². The Balaban J connectivity index is 1.76. The maximum Gasteiger partial charge on any atom is 0.318 e. The predicted octanol–water partition coefficient (Wildman–Crippen LogP) is 3.35. The molecule has 2 heterocycles. The van der Waals surface area contributed by atoms with Gasteiger partial charge in [0.05, 0.1) is 12.1 Å². The second kappa shape index (κ2) is 4.57. The summed E-state index contributed by atoms with van der Waals surface area (Å²) in [4.78, 5) is 14.3. The van der Waals surface area contributed by atoms with Gasteiger partial charge in [0, 0.05) is 12.5 Å². The lowest BCUT2D eigenvalue weighted by atomic mass is 9.86. The Bertz CT molecular complexity index is 819. The van der Waals surface area contributed by atoms with Crippen molar-refractivity contribution >= 4 is 6.03 Å². The molecular weight excluding hydrogens is 291 g/mol. The third-order valence-electron chi connectivity index (χ3n) is 5.59. The van der Waals surface area contributed by atoms with E-state index in [0.29, 0.717) is 6.54 Å². The Hall–Kier alpha value is -2.36. The number of hydrogen-bond acceptors (Lipinski definition) is 1. The van der Waals surface area contributed by atoms with Crippen LogP contribution in [0.5, 0.6) is 0 Å². The van der Waals surface area contributed by atoms with Gasteiger partial charge in [0.25, 0.3) is 0 Å². The van der Waals surface area contributed by atoms with Crippen molar-refractivity contribution in [2.75, 3.05) is 6.54 Å². The highest BCUT2D eigenvalue weighted by atomic mass is 19.1. The summed E-state index contributed by atoms with van der Waals surface area (Å²) in [5.41, 5.74) is 4.73. The minimum Gasteiger partial charge on any atom is -0.336 e. The van der Waals surface area contributed by atoms with Gasteiger partial charge in [0.2, 0.25) is 0 Å². The van der Waals surface area contributed by atoms with E-state index >= 15 is 0 Å². The Morgan fingerprint density at radius 1 is 1.09 bits per heavy atom. The van der Waals surface area contributed by atoms with Crippen molar-refractivity contribution in [3.8, 4) is 0 Å². The molecule has 2 aliphatic heterocycles. The number of nitrogens with one attached hydrogen (secondary N) is 1. The summed E-state index contributed by atoms with van der Waals surface area (Å²) in [6.45, 7) is 0.693. The van der Waals surface area contributed by atoms with E-state index in [4.69, 9.17) is 0 Å². The van der Waals surface area contributed by atoms with Crippen LogP contribution in [-0.2, 0) is 6.42 Å². The maximum atomic E-state index is 13.9. The molecule has 4 heteroatoms. The quantitative estimate of drug-likeness (QED) is 0.795. The first-order chi connectivity index (χ1) is 11.2. The molecule has 0 spiro atoms. The molecule has 3 nitrogen and oxygen atoms in total. The van der Waals surface area contributed by atoms with Gasteiger partial charge in [-0.25, -0.2) is 9.18 Å². The SMILES string of the molecule is O=C1NC[C@H]2C[C@@H]3c4ccccc4Cc4ccc(F)cc4[C@H]3N12. The highest BCUT2D eigenvalue weighted by molar-refractivity contribution is 5.78. The van der Waals surface area contributed by atoms with Crippen LogP contribution in [0.25, 0.3) is 0 Å². The van der Waals surface area contributed by atoms with Crippen molar-refractivity contribution in [3.63, 3.8) is 0 Å². The number of halogens is 1. The summed E-state index contributed by atoms with van der Waals surface area (Å²) in [5, 5.41) is 2.94. The minimum atomic E-state index is -0.225. The highest BCUT2D eigenvalue weighted by Crippen LogP contribution is 2.51. The van der Waals surface area contributed by atoms with Crippen LogP contribution >= 0.6 is 0 Å². The molecule has 0 aromatic heterocycles. The number of amides is 2. The molecule has 23 heavy (non-hydrogen) atoms. The van der Waals surface area contributed by atoms with Crippen LogP contribution in [0.1, 0.15) is 40.6 Å². The van der Waals surface area contributed by atoms with Gasteiger partial charge in [0.15, 0.2) is 0 Å². The van der Waals surface area contributed by atoms with Crippen molar-refractivity contribution in [2.24, 2.45) is 0 Å². The number of benzene rings is 2. The number of fused-ring (bicyclic) bond motifs is 7. The number of carbonyl (C=O) groups excluding carboxylic acids is 1. The Labute approximate surface area is 134 Å². The van der Waals surface area contributed by atoms with Crippen molar-refractivity contribution < 1.29 is 9.18 Å². The van der Waals surface area contributed by atoms with Crippen LogP contribution in [0.4, 0.5) is 9.18 Å². The van der Waals surface area contributed by atoms with E-state index in [1.54, 1.807) is 6.07 Å². The second-order valence-electron chi connectivity index (χ2n) is 6.75. The fraction of sp³-hybridized carbons (Fsp3) is 0.316. The summed E-state index contributed by atoms with van der Waals surface area (Å²) in [5.74, 6) is 0.0295. The van der Waals surface area contributed by atoms with Gasteiger partial charge in [-0.05, 0) is 47.2 Å². The van der Waals surface area contributed by atoms with Gasteiger partial charge in [0.1, 0.15) is 5.82 Å². The lowest BCUT2D eigenvalue weighted by molar-refractivity contribution is 0.197. The molecule has 0 bridgehead atoms. The van der Waals surface area contributed by atoms with E-state index < -0.39 is 0 Å². The molecule has 0 saturated carbocycles. The molecule has 5 rings (SSSR count). The van der Waals surface area contributed by atoms with Gasteiger partial charge in [-0.3, -0.25) is 0 Å². The summed E-state index contributed by atoms with van der Waals surface area (Å²) in [7, 11) is 0. The fourth-order valence-corrected chi connectivity index (χ4v) is 4.65. The van der Waals surface area contributed by atoms with Gasteiger partial charge >= 0.3 is 6.03 Å². The molecule has 1 aliphatic carbocycles. The molecular formula is C19H17FN2O. The maximum absolute atomic E-state index is 13.9. The van der Waals surface area contributed by atoms with Crippen LogP contribution in [0.15, 0.2) is 42.5 Å². The number of hydrogen-bond donors (Lipinski definition) is 1. The molecule has 116 valence electrons. The zero-order valence-electron chi connectivity index (χ0n) is 12.6. The lowest BCUT2D eigenvalue weighted by Crippen LogP contribution is -2.33. The summed E-state index contributed by atoms with van der Waals surface area (Å²) in [6, 6.07) is 13.6. The van der Waals surface area contributed by atoms with E-state index in [0.717, 1.165) is 24.0 Å². The molecule has 0 unspecified atom stereocenters. The third-order valence-corrected chi connectivity index (χ3v) is 5.59. The van der Waals surface area contributed by atoms with Gasteiger partial charge in [-0.15, -0.1) is 0 Å². The van der Waals surface area contributed by atoms with Crippen LogP contribution in [0.2, 0.25) is 0 Å². The molecule has 0 radical (unpaired) electrons. The van der Waals surface area contributed by atoms with Crippen molar-refractivity contribution in [3.05, 3.63) is 70.5 Å². The number of rotatable bonds is 0. The number of carbonyl (C=O) groups is 1. The monoisotopic (exact) mass is 308 g/mol. The zero-order chi connectivity index (χ0) is 15.6. The van der Waals surface area contributed by atoms with Gasteiger partial charge in [-0.1, -0.05) is 30.3 Å². The van der Waals surface area contributed by atoms with Crippen molar-refractivity contribution in [1.82, 2.24) is 10.2 Å². The van der Waals surface area contributed by atoms with E-state index in [2.05, 4.69) is 29.6 Å². The molecule has 2 amide bonds. The number of urea groups is 1. The Morgan fingerprint density at radius 3 is 2.83 bits per heavy atom. The zero-order valence-corrected chi connectivity index (χ0v) is 12.6. The average Bonchev–Trinajstić information content (AvgIpc) is 3.06. The molecule has 3 aliphatic rings. The summed E-state index contributed by atoms with van der Waals surface area (Å²) in [6.07, 6.45) is 1.75. The summed E-state index contributed by atoms with van der Waals surface area (Å²) < 4.78 is 13.9. The first kappa shape index (κ1) is 13.1. The van der Waals surface area contributed by atoms with E-state index in [1.165, 1.54) is 17.2 Å². The highest BCUT2D eigenvalue weighted by Gasteiger charge is 2.50. The fourth-order valence-electron chi connectivity index (χ4n) is 4.65. The molecule has 2 aromatic rings. The Kier molecular flexibility index (Phi) is 2.61. The lowest BCUT2D eigenvalue weighted by Gasteiger charge is -2.27. The average molecular weight is 308 g/mol. The minimum absolute atomic E-state index is 0.0166. The first-order valence-corrected chi connectivity index (χ1v) is 8.14. The Morgan fingerprint density at radius 2 is 1.91 bits per heavy atom. The molecule has 3 atom stereocenters. The smallest absolute Gasteiger partial charge is 0.318 e. The standard InChI is InChI=1S/C19H17FN2O/c20-13-6-5-12-7-11-3-1-2-4-15(11)17-9-14-10-21-19(23)22(14)18(17)16(12)8-13/h1-6,8,14,17-18H,7,9-10H2,(H,21,23)/t14-,17-,18-/m1/s1. The molecule has 2 saturated heterocycles. The van der Waals surface area contributed by atoms with E-state index in [-0.39, 0.29) is 29.8 Å². The van der Waals surface area contributed by atoms with Crippen LogP contribution < -0.4 is 5.32 Å². The topological polar surface area (TPSA) is 32.3 Å². The van der Waals surface area contributed by atoms with Crippen molar-refractivity contribution in [2.45, 2.75) is 30.8 Å². The second-order valence-corrected chi connectivity index (χ2v) is 6.75.